The monoisotopic (exact) mass is 249 g/mol. The van der Waals surface area contributed by atoms with Crippen LogP contribution in [-0.2, 0) is 4.74 Å². The fourth-order valence-corrected chi connectivity index (χ4v) is 2.34. The van der Waals surface area contributed by atoms with E-state index in [1.165, 1.54) is 12.8 Å². The first-order valence-electron chi connectivity index (χ1n) is 6.67. The second kappa shape index (κ2) is 6.16. The molecule has 2 N–H and O–H groups in total. The molecule has 100 valence electrons. The predicted molar refractivity (Wildman–Crippen MR) is 73.7 cm³/mol. The third-order valence-corrected chi connectivity index (χ3v) is 3.46. The van der Waals surface area contributed by atoms with Gasteiger partial charge in [-0.25, -0.2) is 0 Å². The molecule has 0 amide bonds. The minimum Gasteiger partial charge on any atom is -0.381 e. The number of anilines is 1. The van der Waals surface area contributed by atoms with E-state index < -0.39 is 0 Å². The van der Waals surface area contributed by atoms with E-state index in [4.69, 9.17) is 10.5 Å². The van der Waals surface area contributed by atoms with Gasteiger partial charge in [0.05, 0.1) is 24.2 Å². The van der Waals surface area contributed by atoms with E-state index in [1.807, 2.05) is 19.2 Å². The molecule has 0 aromatic carbocycles. The van der Waals surface area contributed by atoms with Crippen LogP contribution in [0.5, 0.6) is 0 Å². The maximum absolute atomic E-state index is 5.80. The summed E-state index contributed by atoms with van der Waals surface area (Å²) in [5, 5.41) is 0. The molecule has 1 aromatic rings. The van der Waals surface area contributed by atoms with E-state index in [0.29, 0.717) is 5.92 Å². The van der Waals surface area contributed by atoms with Crippen LogP contribution in [0.4, 0.5) is 5.69 Å². The van der Waals surface area contributed by atoms with Crippen molar-refractivity contribution in [2.75, 3.05) is 31.7 Å². The molecule has 0 spiro atoms. The Labute approximate surface area is 109 Å². The highest BCUT2D eigenvalue weighted by molar-refractivity contribution is 5.43. The van der Waals surface area contributed by atoms with Crippen molar-refractivity contribution in [1.29, 1.82) is 0 Å². The van der Waals surface area contributed by atoms with Crippen molar-refractivity contribution in [3.8, 4) is 0 Å². The van der Waals surface area contributed by atoms with Crippen LogP contribution in [-0.4, -0.2) is 31.8 Å². The molecule has 4 nitrogen and oxygen atoms in total. The van der Waals surface area contributed by atoms with Gasteiger partial charge in [0.2, 0.25) is 0 Å². The molecular weight excluding hydrogens is 226 g/mol. The standard InChI is InChI=1S/C14H23N3O/c1-11(15)14-6-5-13(8-16-14)17(2)9-12-4-3-7-18-10-12/h5-6,8,11-12H,3-4,7,9-10,15H2,1-2H3. The van der Waals surface area contributed by atoms with Gasteiger partial charge in [-0.2, -0.15) is 0 Å². The van der Waals surface area contributed by atoms with Crippen molar-refractivity contribution in [2.45, 2.75) is 25.8 Å². The molecule has 0 radical (unpaired) electrons. The van der Waals surface area contributed by atoms with Crippen LogP contribution >= 0.6 is 0 Å². The first kappa shape index (κ1) is 13.3. The smallest absolute Gasteiger partial charge is 0.0569 e. The second-order valence-corrected chi connectivity index (χ2v) is 5.19. The molecule has 2 heterocycles. The molecule has 1 aromatic heterocycles. The van der Waals surface area contributed by atoms with Crippen LogP contribution in [0.15, 0.2) is 18.3 Å². The molecule has 0 aliphatic carbocycles. The third-order valence-electron chi connectivity index (χ3n) is 3.46. The van der Waals surface area contributed by atoms with Gasteiger partial charge in [-0.3, -0.25) is 4.98 Å². The molecule has 2 rings (SSSR count). The van der Waals surface area contributed by atoms with Crippen molar-refractivity contribution in [3.63, 3.8) is 0 Å². The second-order valence-electron chi connectivity index (χ2n) is 5.19. The Balaban J connectivity index is 1.93. The lowest BCUT2D eigenvalue weighted by Gasteiger charge is -2.28. The molecule has 2 atom stereocenters. The lowest BCUT2D eigenvalue weighted by molar-refractivity contribution is 0.0576. The van der Waals surface area contributed by atoms with E-state index >= 15 is 0 Å². The largest absolute Gasteiger partial charge is 0.381 e. The van der Waals surface area contributed by atoms with Gasteiger partial charge in [-0.05, 0) is 37.8 Å². The van der Waals surface area contributed by atoms with Gasteiger partial charge in [0, 0.05) is 26.2 Å². The summed E-state index contributed by atoms with van der Waals surface area (Å²) in [5.74, 6) is 0.636. The van der Waals surface area contributed by atoms with E-state index in [2.05, 4.69) is 23.0 Å². The minimum atomic E-state index is -0.00361. The quantitative estimate of drug-likeness (QED) is 0.886. The Morgan fingerprint density at radius 1 is 1.56 bits per heavy atom. The first-order valence-corrected chi connectivity index (χ1v) is 6.67. The van der Waals surface area contributed by atoms with Gasteiger partial charge in [0.15, 0.2) is 0 Å². The number of rotatable bonds is 4. The maximum Gasteiger partial charge on any atom is 0.0569 e. The van der Waals surface area contributed by atoms with E-state index in [0.717, 1.165) is 31.1 Å². The molecule has 1 aliphatic rings. The van der Waals surface area contributed by atoms with Crippen LogP contribution in [0.25, 0.3) is 0 Å². The summed E-state index contributed by atoms with van der Waals surface area (Å²) >= 11 is 0. The average molecular weight is 249 g/mol. The summed E-state index contributed by atoms with van der Waals surface area (Å²) in [6.45, 7) is 4.78. The number of aromatic nitrogens is 1. The van der Waals surface area contributed by atoms with Gasteiger partial charge >= 0.3 is 0 Å². The molecule has 1 saturated heterocycles. The summed E-state index contributed by atoms with van der Waals surface area (Å²) in [6.07, 6.45) is 4.35. The zero-order valence-corrected chi connectivity index (χ0v) is 11.3. The summed E-state index contributed by atoms with van der Waals surface area (Å²) in [6, 6.07) is 4.10. The van der Waals surface area contributed by atoms with Gasteiger partial charge in [-0.15, -0.1) is 0 Å². The Hall–Kier alpha value is -1.13. The molecule has 1 fully saturated rings. The highest BCUT2D eigenvalue weighted by Gasteiger charge is 2.16. The lowest BCUT2D eigenvalue weighted by Crippen LogP contribution is -2.30. The Morgan fingerprint density at radius 3 is 2.94 bits per heavy atom. The number of hydrogen-bond donors (Lipinski definition) is 1. The topological polar surface area (TPSA) is 51.4 Å². The Bertz CT molecular complexity index is 358. The van der Waals surface area contributed by atoms with Crippen molar-refractivity contribution >= 4 is 5.69 Å². The zero-order valence-electron chi connectivity index (χ0n) is 11.3. The molecular formula is C14H23N3O. The van der Waals surface area contributed by atoms with Gasteiger partial charge in [-0.1, -0.05) is 0 Å². The molecule has 1 aliphatic heterocycles. The van der Waals surface area contributed by atoms with Gasteiger partial charge in [0.25, 0.3) is 0 Å². The van der Waals surface area contributed by atoms with Crippen molar-refractivity contribution in [3.05, 3.63) is 24.0 Å². The van der Waals surface area contributed by atoms with E-state index in [1.54, 1.807) is 0 Å². The van der Waals surface area contributed by atoms with Crippen LogP contribution in [0, 0.1) is 5.92 Å². The van der Waals surface area contributed by atoms with Crippen molar-refractivity contribution in [1.82, 2.24) is 4.98 Å². The van der Waals surface area contributed by atoms with Crippen molar-refractivity contribution < 1.29 is 4.74 Å². The van der Waals surface area contributed by atoms with E-state index in [9.17, 15) is 0 Å². The van der Waals surface area contributed by atoms with Crippen LogP contribution in [0.1, 0.15) is 31.5 Å². The highest BCUT2D eigenvalue weighted by Crippen LogP contribution is 2.19. The molecule has 2 unspecified atom stereocenters. The molecule has 18 heavy (non-hydrogen) atoms. The van der Waals surface area contributed by atoms with Crippen LogP contribution in [0.2, 0.25) is 0 Å². The Morgan fingerprint density at radius 2 is 2.39 bits per heavy atom. The zero-order chi connectivity index (χ0) is 13.0. The molecule has 0 saturated carbocycles. The summed E-state index contributed by atoms with van der Waals surface area (Å²) in [5.41, 5.74) is 7.88. The fraction of sp³-hybridized carbons (Fsp3) is 0.643. The SMILES string of the molecule is CC(N)c1ccc(N(C)CC2CCCOC2)cn1. The lowest BCUT2D eigenvalue weighted by atomic mass is 10.0. The molecule has 4 heteroatoms. The predicted octanol–water partition coefficient (Wildman–Crippen LogP) is 1.96. The third kappa shape index (κ3) is 3.43. The fourth-order valence-electron chi connectivity index (χ4n) is 2.34. The first-order chi connectivity index (χ1) is 8.66. The summed E-state index contributed by atoms with van der Waals surface area (Å²) < 4.78 is 5.51. The van der Waals surface area contributed by atoms with Gasteiger partial charge < -0.3 is 15.4 Å². The highest BCUT2D eigenvalue weighted by atomic mass is 16.5. The Kier molecular flexibility index (Phi) is 4.55. The normalized spacial score (nSPS) is 21.6. The molecule has 0 bridgehead atoms. The minimum absolute atomic E-state index is 0.00361. The van der Waals surface area contributed by atoms with Gasteiger partial charge in [0.1, 0.15) is 0 Å². The number of hydrogen-bond acceptors (Lipinski definition) is 4. The van der Waals surface area contributed by atoms with Crippen molar-refractivity contribution in [2.24, 2.45) is 11.7 Å². The number of pyridine rings is 1. The van der Waals surface area contributed by atoms with E-state index in [-0.39, 0.29) is 6.04 Å². The van der Waals surface area contributed by atoms with Crippen LogP contribution in [0.3, 0.4) is 0 Å². The summed E-state index contributed by atoms with van der Waals surface area (Å²) in [7, 11) is 2.11. The maximum atomic E-state index is 5.80. The number of nitrogens with zero attached hydrogens (tertiary/aromatic N) is 2. The average Bonchev–Trinajstić information content (AvgIpc) is 2.40. The number of nitrogens with two attached hydrogens (primary N) is 1. The summed E-state index contributed by atoms with van der Waals surface area (Å²) in [4.78, 5) is 6.64. The van der Waals surface area contributed by atoms with Crippen LogP contribution < -0.4 is 10.6 Å². The number of ether oxygens (including phenoxy) is 1.